The molecule has 21 heavy (non-hydrogen) atoms. The lowest BCUT2D eigenvalue weighted by atomic mass is 10.1. The predicted octanol–water partition coefficient (Wildman–Crippen LogP) is 2.64. The summed E-state index contributed by atoms with van der Waals surface area (Å²) >= 11 is 4.48. The number of rotatable bonds is 5. The van der Waals surface area contributed by atoms with Crippen LogP contribution in [0.4, 0.5) is 0 Å². The van der Waals surface area contributed by atoms with E-state index in [2.05, 4.69) is 21.2 Å². The highest BCUT2D eigenvalue weighted by molar-refractivity contribution is 9.10. The van der Waals surface area contributed by atoms with Crippen LogP contribution >= 0.6 is 27.3 Å². The van der Waals surface area contributed by atoms with E-state index in [4.69, 9.17) is 0 Å². The molecule has 3 N–H and O–H groups in total. The van der Waals surface area contributed by atoms with Crippen molar-refractivity contribution in [2.45, 2.75) is 12.5 Å². The Morgan fingerprint density at radius 3 is 2.43 bits per heavy atom. The fourth-order valence-corrected chi connectivity index (χ4v) is 3.20. The smallest absolute Gasteiger partial charge is 0.326 e. The van der Waals surface area contributed by atoms with Gasteiger partial charge in [0, 0.05) is 10.9 Å². The molecular formula is C14H12BrNO4S. The molecule has 0 fully saturated rings. The van der Waals surface area contributed by atoms with Gasteiger partial charge in [-0.2, -0.15) is 0 Å². The Labute approximate surface area is 133 Å². The Kier molecular flexibility index (Phi) is 4.98. The number of carboxylic acids is 1. The third-order valence-corrected chi connectivity index (χ3v) is 4.64. The molecule has 0 unspecified atom stereocenters. The second kappa shape index (κ2) is 6.73. The highest BCUT2D eigenvalue weighted by atomic mass is 79.9. The molecule has 0 spiro atoms. The van der Waals surface area contributed by atoms with Crippen molar-refractivity contribution >= 4 is 39.1 Å². The normalized spacial score (nSPS) is 11.9. The van der Waals surface area contributed by atoms with Crippen LogP contribution in [0.3, 0.4) is 0 Å². The van der Waals surface area contributed by atoms with Crippen molar-refractivity contribution in [2.75, 3.05) is 0 Å². The number of benzene rings is 1. The molecule has 0 radical (unpaired) electrons. The number of hydrogen-bond donors (Lipinski definition) is 3. The van der Waals surface area contributed by atoms with Crippen LogP contribution in [0.5, 0.6) is 5.75 Å². The maximum atomic E-state index is 12.1. The predicted molar refractivity (Wildman–Crippen MR) is 82.7 cm³/mol. The fourth-order valence-electron chi connectivity index (χ4n) is 1.75. The molecule has 110 valence electrons. The van der Waals surface area contributed by atoms with Crippen LogP contribution in [0.15, 0.2) is 40.2 Å². The number of amides is 1. The summed E-state index contributed by atoms with van der Waals surface area (Å²) in [7, 11) is 0. The number of phenols is 1. The topological polar surface area (TPSA) is 86.6 Å². The molecule has 1 amide bonds. The molecular weight excluding hydrogens is 358 g/mol. The number of aromatic hydroxyl groups is 1. The third kappa shape index (κ3) is 4.05. The molecule has 5 nitrogen and oxygen atoms in total. The molecule has 1 atom stereocenters. The lowest BCUT2D eigenvalue weighted by molar-refractivity contribution is -0.139. The summed E-state index contributed by atoms with van der Waals surface area (Å²) in [5, 5.41) is 22.7. The van der Waals surface area contributed by atoms with Gasteiger partial charge in [-0.3, -0.25) is 4.79 Å². The van der Waals surface area contributed by atoms with E-state index in [0.717, 1.165) is 0 Å². The molecule has 0 aliphatic heterocycles. The van der Waals surface area contributed by atoms with E-state index in [1.807, 2.05) is 0 Å². The maximum absolute atomic E-state index is 12.1. The SMILES string of the molecule is O=C(N[C@@H](Cc1ccc(O)cc1)C(=O)O)c1sccc1Br. The van der Waals surface area contributed by atoms with Gasteiger partial charge in [0.25, 0.3) is 5.91 Å². The number of carboxylic acid groups (broad SMARTS) is 1. The van der Waals surface area contributed by atoms with Gasteiger partial charge in [0.1, 0.15) is 16.7 Å². The molecule has 2 aromatic rings. The summed E-state index contributed by atoms with van der Waals surface area (Å²) < 4.78 is 0.638. The molecule has 0 saturated carbocycles. The Balaban J connectivity index is 2.09. The average Bonchev–Trinajstić information content (AvgIpc) is 2.86. The van der Waals surface area contributed by atoms with Gasteiger partial charge in [0.05, 0.1) is 0 Å². The lowest BCUT2D eigenvalue weighted by Crippen LogP contribution is -2.42. The van der Waals surface area contributed by atoms with Crippen molar-refractivity contribution < 1.29 is 19.8 Å². The Hall–Kier alpha value is -1.86. The summed E-state index contributed by atoms with van der Waals surface area (Å²) in [6.45, 7) is 0. The number of halogens is 1. The number of carbonyl (C=O) groups is 2. The van der Waals surface area contributed by atoms with E-state index < -0.39 is 17.9 Å². The average molecular weight is 370 g/mol. The number of aliphatic carboxylic acids is 1. The van der Waals surface area contributed by atoms with Crippen LogP contribution in [-0.4, -0.2) is 28.1 Å². The van der Waals surface area contributed by atoms with E-state index in [-0.39, 0.29) is 12.2 Å². The van der Waals surface area contributed by atoms with Crippen molar-refractivity contribution in [2.24, 2.45) is 0 Å². The van der Waals surface area contributed by atoms with Crippen LogP contribution in [0, 0.1) is 0 Å². The van der Waals surface area contributed by atoms with Crippen molar-refractivity contribution in [1.82, 2.24) is 5.32 Å². The van der Waals surface area contributed by atoms with Crippen LogP contribution < -0.4 is 5.32 Å². The Bertz CT molecular complexity index is 653. The van der Waals surface area contributed by atoms with Crippen molar-refractivity contribution in [3.63, 3.8) is 0 Å². The maximum Gasteiger partial charge on any atom is 0.326 e. The lowest BCUT2D eigenvalue weighted by Gasteiger charge is -2.14. The van der Waals surface area contributed by atoms with Gasteiger partial charge >= 0.3 is 5.97 Å². The number of hydrogen-bond acceptors (Lipinski definition) is 4. The highest BCUT2D eigenvalue weighted by Crippen LogP contribution is 2.22. The van der Waals surface area contributed by atoms with Gasteiger partial charge in [-0.15, -0.1) is 11.3 Å². The zero-order chi connectivity index (χ0) is 15.4. The first kappa shape index (κ1) is 15.5. The number of nitrogens with one attached hydrogen (secondary N) is 1. The molecule has 0 aliphatic rings. The van der Waals surface area contributed by atoms with Gasteiger partial charge in [-0.25, -0.2) is 4.79 Å². The molecule has 1 aromatic carbocycles. The molecule has 0 bridgehead atoms. The minimum Gasteiger partial charge on any atom is -0.508 e. The zero-order valence-electron chi connectivity index (χ0n) is 10.7. The second-order valence-electron chi connectivity index (χ2n) is 4.33. The van der Waals surface area contributed by atoms with Crippen LogP contribution in [0.2, 0.25) is 0 Å². The van der Waals surface area contributed by atoms with Crippen LogP contribution in [0.1, 0.15) is 15.2 Å². The molecule has 1 heterocycles. The molecule has 0 aliphatic carbocycles. The Morgan fingerprint density at radius 1 is 1.24 bits per heavy atom. The van der Waals surface area contributed by atoms with E-state index in [9.17, 15) is 19.8 Å². The number of carbonyl (C=O) groups excluding carboxylic acids is 1. The van der Waals surface area contributed by atoms with Crippen molar-refractivity contribution in [3.8, 4) is 5.75 Å². The first-order valence-electron chi connectivity index (χ1n) is 6.02. The molecule has 2 rings (SSSR count). The summed E-state index contributed by atoms with van der Waals surface area (Å²) in [4.78, 5) is 23.8. The fraction of sp³-hybridized carbons (Fsp3) is 0.143. The summed E-state index contributed by atoms with van der Waals surface area (Å²) in [5.74, 6) is -1.43. The van der Waals surface area contributed by atoms with E-state index >= 15 is 0 Å². The first-order chi connectivity index (χ1) is 9.97. The van der Waals surface area contributed by atoms with Gasteiger partial charge in [0.15, 0.2) is 0 Å². The van der Waals surface area contributed by atoms with Crippen molar-refractivity contribution in [1.29, 1.82) is 0 Å². The van der Waals surface area contributed by atoms with Crippen LogP contribution in [-0.2, 0) is 11.2 Å². The summed E-state index contributed by atoms with van der Waals surface area (Å²) in [6.07, 6.45) is 0.143. The summed E-state index contributed by atoms with van der Waals surface area (Å²) in [6, 6.07) is 6.90. The standard InChI is InChI=1S/C14H12BrNO4S/c15-10-5-6-21-12(10)13(18)16-11(14(19)20)7-8-1-3-9(17)4-2-8/h1-6,11,17H,7H2,(H,16,18)(H,19,20)/t11-/m0/s1. The minimum absolute atomic E-state index is 0.108. The minimum atomic E-state index is -1.11. The van der Waals surface area contributed by atoms with Gasteiger partial charge < -0.3 is 15.5 Å². The van der Waals surface area contributed by atoms with Gasteiger partial charge in [0.2, 0.25) is 0 Å². The largest absolute Gasteiger partial charge is 0.508 e. The number of phenolic OH excluding ortho intramolecular Hbond substituents is 1. The highest BCUT2D eigenvalue weighted by Gasteiger charge is 2.22. The molecule has 1 aromatic heterocycles. The third-order valence-electron chi connectivity index (χ3n) is 2.80. The quantitative estimate of drug-likeness (QED) is 0.755. The van der Waals surface area contributed by atoms with E-state index in [0.29, 0.717) is 14.9 Å². The zero-order valence-corrected chi connectivity index (χ0v) is 13.1. The molecule has 7 heteroatoms. The number of thiophene rings is 1. The molecule has 0 saturated heterocycles. The Morgan fingerprint density at radius 2 is 1.90 bits per heavy atom. The van der Waals surface area contributed by atoms with Crippen molar-refractivity contribution in [3.05, 3.63) is 50.6 Å². The van der Waals surface area contributed by atoms with Gasteiger partial charge in [-0.05, 0) is 45.1 Å². The first-order valence-corrected chi connectivity index (χ1v) is 7.69. The monoisotopic (exact) mass is 369 g/mol. The second-order valence-corrected chi connectivity index (χ2v) is 6.10. The van der Waals surface area contributed by atoms with Gasteiger partial charge in [-0.1, -0.05) is 12.1 Å². The van der Waals surface area contributed by atoms with Crippen LogP contribution in [0.25, 0.3) is 0 Å². The van der Waals surface area contributed by atoms with E-state index in [1.165, 1.54) is 23.5 Å². The summed E-state index contributed by atoms with van der Waals surface area (Å²) in [5.41, 5.74) is 0.714. The van der Waals surface area contributed by atoms with E-state index in [1.54, 1.807) is 23.6 Å².